The predicted octanol–water partition coefficient (Wildman–Crippen LogP) is 1.02. The molecule has 8 atom stereocenters. The molecule has 4 bridgehead atoms. The van der Waals surface area contributed by atoms with Gasteiger partial charge in [0.2, 0.25) is 0 Å². The number of nitrogens with one attached hydrogen (secondary N) is 2. The normalized spacial score (nSPS) is 27.8. The Hall–Kier alpha value is -6.76. The fraction of sp³-hybridized carbons (Fsp3) is 0.286. The molecule has 0 aliphatic carbocycles. The summed E-state index contributed by atoms with van der Waals surface area (Å²) in [5, 5.41) is 43.4. The van der Waals surface area contributed by atoms with Gasteiger partial charge in [0.1, 0.15) is 23.2 Å². The lowest BCUT2D eigenvalue weighted by Gasteiger charge is -2.19. The molecule has 0 saturated carbocycles. The summed E-state index contributed by atoms with van der Waals surface area (Å²) in [7, 11) is 0. The van der Waals surface area contributed by atoms with Crippen LogP contribution in [-0.4, -0.2) is 78.3 Å². The van der Waals surface area contributed by atoms with Crippen molar-refractivity contribution in [3.05, 3.63) is 101 Å². The Morgan fingerprint density at radius 2 is 0.981 bits per heavy atom. The average molecular weight is 728 g/mol. The minimum absolute atomic E-state index is 0. The van der Waals surface area contributed by atoms with Crippen molar-refractivity contribution in [2.24, 2.45) is 29.5 Å². The fourth-order valence-corrected chi connectivity index (χ4v) is 6.43. The number of cyclic esters (lactones) is 2. The van der Waals surface area contributed by atoms with Gasteiger partial charge in [0.05, 0.1) is 68.1 Å². The van der Waals surface area contributed by atoms with Crippen molar-refractivity contribution in [2.45, 2.75) is 24.4 Å². The van der Waals surface area contributed by atoms with E-state index < -0.39 is 84.6 Å². The number of rotatable bonds is 7. The number of nitrogens with two attached hydrogens (primary N) is 1. The topological polar surface area (TPSA) is 352 Å². The first-order chi connectivity index (χ1) is 24.2. The number of nitro groups is 4. The number of nitro benzene ring substituents is 4. The van der Waals surface area contributed by atoms with Crippen LogP contribution in [0.3, 0.4) is 0 Å². The Labute approximate surface area is 287 Å². The monoisotopic (exact) mass is 727 g/mol. The van der Waals surface area contributed by atoms with Crippen molar-refractivity contribution in [1.82, 2.24) is 5.01 Å². The van der Waals surface area contributed by atoms with Crippen molar-refractivity contribution in [3.8, 4) is 0 Å². The van der Waals surface area contributed by atoms with E-state index >= 15 is 0 Å². The summed E-state index contributed by atoms with van der Waals surface area (Å²) in [5.41, 5.74) is 2.51. The van der Waals surface area contributed by atoms with Crippen LogP contribution in [0.25, 0.3) is 0 Å². The Morgan fingerprint density at radius 3 is 1.37 bits per heavy atom. The molecule has 8 rings (SSSR count). The highest BCUT2D eigenvalue weighted by Gasteiger charge is 2.61. The van der Waals surface area contributed by atoms with Gasteiger partial charge < -0.3 is 25.1 Å². The molecule has 0 aromatic heterocycles. The number of benzene rings is 2. The maximum absolute atomic E-state index is 12.5. The van der Waals surface area contributed by atoms with Crippen molar-refractivity contribution in [3.63, 3.8) is 0 Å². The number of imide groups is 1. The molecule has 0 radical (unpaired) electrons. The second-order valence-corrected chi connectivity index (χ2v) is 11.4. The predicted molar refractivity (Wildman–Crippen MR) is 165 cm³/mol. The molecule has 5 N–H and O–H groups in total. The van der Waals surface area contributed by atoms with Crippen molar-refractivity contribution >= 4 is 57.9 Å². The van der Waals surface area contributed by atoms with Gasteiger partial charge in [-0.25, -0.2) is 0 Å². The molecule has 4 fully saturated rings. The molecule has 2 aromatic carbocycles. The van der Waals surface area contributed by atoms with Gasteiger partial charge in [0.25, 0.3) is 23.2 Å². The molecular formula is C28H23N8O16-. The quantitative estimate of drug-likeness (QED) is 0.0681. The summed E-state index contributed by atoms with van der Waals surface area (Å²) in [4.78, 5) is 86.8. The van der Waals surface area contributed by atoms with Crippen molar-refractivity contribution in [2.75, 3.05) is 10.9 Å². The maximum atomic E-state index is 12.5. The van der Waals surface area contributed by atoms with E-state index in [1.807, 2.05) is 12.2 Å². The summed E-state index contributed by atoms with van der Waals surface area (Å²) < 4.78 is 15.4. The van der Waals surface area contributed by atoms with Crippen molar-refractivity contribution < 1.29 is 58.6 Å². The molecule has 2 aromatic rings. The van der Waals surface area contributed by atoms with E-state index in [2.05, 4.69) is 15.6 Å². The smallest absolute Gasteiger partial charge is 0.320 e. The minimum atomic E-state index is -0.824. The minimum Gasteiger partial charge on any atom is -0.870 e. The van der Waals surface area contributed by atoms with Gasteiger partial charge in [-0.3, -0.25) is 70.9 Å². The van der Waals surface area contributed by atoms with E-state index in [0.717, 1.165) is 35.3 Å². The average Bonchev–Trinajstić information content (AvgIpc) is 3.96. The van der Waals surface area contributed by atoms with Gasteiger partial charge in [0.15, 0.2) is 0 Å². The molecule has 0 spiro atoms. The SMILES string of the molecule is NNc1ccc([N+](=O)[O-])cc1[N+](=O)[O-].O=C1C2C3C=CC(O3)C2C(=O)N1Nc1ccc([N+](=O)[O-])cc1[N+](=O)[O-].O=C1OC(=O)C2C3C=CC(O3)C12.[OH-]. The molecular weight excluding hydrogens is 704 g/mol. The maximum Gasteiger partial charge on any atom is 0.320 e. The van der Waals surface area contributed by atoms with Gasteiger partial charge in [-0.05, 0) is 12.1 Å². The largest absolute Gasteiger partial charge is 0.870 e. The van der Waals surface area contributed by atoms with Crippen LogP contribution in [0, 0.1) is 64.1 Å². The Bertz CT molecular complexity index is 1930. The van der Waals surface area contributed by atoms with Crippen LogP contribution >= 0.6 is 0 Å². The molecule has 24 nitrogen and oxygen atoms in total. The number of amides is 2. The lowest BCUT2D eigenvalue weighted by atomic mass is 9.85. The summed E-state index contributed by atoms with van der Waals surface area (Å²) in [5.74, 6) is 0.992. The third kappa shape index (κ3) is 6.23. The third-order valence-electron chi connectivity index (χ3n) is 8.72. The first kappa shape index (κ1) is 36.5. The summed E-state index contributed by atoms with van der Waals surface area (Å²) >= 11 is 0. The zero-order valence-electron chi connectivity index (χ0n) is 25.8. The van der Waals surface area contributed by atoms with E-state index in [9.17, 15) is 59.6 Å². The lowest BCUT2D eigenvalue weighted by Crippen LogP contribution is -2.39. The number of hydrogen-bond donors (Lipinski definition) is 3. The van der Waals surface area contributed by atoms with E-state index in [4.69, 9.17) is 15.3 Å². The van der Waals surface area contributed by atoms with Crippen LogP contribution in [-0.2, 0) is 33.4 Å². The van der Waals surface area contributed by atoms with Gasteiger partial charge >= 0.3 is 23.3 Å². The molecule has 4 saturated heterocycles. The Morgan fingerprint density at radius 1 is 0.596 bits per heavy atom. The summed E-state index contributed by atoms with van der Waals surface area (Å²) in [6.07, 6.45) is 5.68. The second kappa shape index (κ2) is 13.9. The zero-order chi connectivity index (χ0) is 36.9. The number of ether oxygens (including phenoxy) is 3. The molecule has 8 unspecified atom stereocenters. The lowest BCUT2D eigenvalue weighted by molar-refractivity contribution is -0.393. The Kier molecular flexibility index (Phi) is 9.74. The number of carbonyl (C=O) groups excluding carboxylic acids is 4. The molecule has 6 heterocycles. The second-order valence-electron chi connectivity index (χ2n) is 11.4. The molecule has 6 aliphatic heterocycles. The molecule has 52 heavy (non-hydrogen) atoms. The number of nitrogen functional groups attached to an aromatic ring is 1. The zero-order valence-corrected chi connectivity index (χ0v) is 25.8. The number of anilines is 2. The van der Waals surface area contributed by atoms with Crippen LogP contribution in [0.15, 0.2) is 60.7 Å². The van der Waals surface area contributed by atoms with Gasteiger partial charge in [0, 0.05) is 12.1 Å². The van der Waals surface area contributed by atoms with E-state index in [1.54, 1.807) is 12.2 Å². The third-order valence-corrected chi connectivity index (χ3v) is 8.72. The number of non-ortho nitro benzene ring substituents is 2. The van der Waals surface area contributed by atoms with Crippen LogP contribution < -0.4 is 16.7 Å². The highest BCUT2D eigenvalue weighted by Crippen LogP contribution is 2.46. The van der Waals surface area contributed by atoms with E-state index in [-0.39, 0.29) is 46.6 Å². The number of hydrogen-bond acceptors (Lipinski definition) is 19. The van der Waals surface area contributed by atoms with Gasteiger partial charge in [-0.2, -0.15) is 5.01 Å². The molecule has 272 valence electrons. The standard InChI is InChI=1S/C14H10N4O7.C8H6O4.C6H6N4O4.H2O/c19-13-11-9-3-4-10(25-9)12(11)14(20)16(13)15-7-2-1-6(17(21)22)5-8(7)18(23)24;9-7-5-3-1-2-4(11-3)6(5)8(10)12-7;7-8-5-2-1-4(9(11)12)3-6(5)10(13)14;/h1-5,9-12,15H;1-6H;1-3,8H,7H2;1H2/p-1. The highest BCUT2D eigenvalue weighted by molar-refractivity contribution is 6.07. The van der Waals surface area contributed by atoms with Crippen LogP contribution in [0.4, 0.5) is 34.1 Å². The summed E-state index contributed by atoms with van der Waals surface area (Å²) in [6, 6.07) is 6.06. The fourth-order valence-electron chi connectivity index (χ4n) is 6.43. The van der Waals surface area contributed by atoms with Gasteiger partial charge in [-0.15, -0.1) is 0 Å². The number of fused-ring (bicyclic) bond motifs is 10. The van der Waals surface area contributed by atoms with Gasteiger partial charge in [-0.1, -0.05) is 24.3 Å². The van der Waals surface area contributed by atoms with Crippen LogP contribution in [0.1, 0.15) is 0 Å². The number of nitrogens with zero attached hydrogens (tertiary/aromatic N) is 5. The van der Waals surface area contributed by atoms with E-state index in [0.29, 0.717) is 0 Å². The highest BCUT2D eigenvalue weighted by atomic mass is 16.6. The van der Waals surface area contributed by atoms with Crippen LogP contribution in [0.5, 0.6) is 0 Å². The number of hydrazine groups is 2. The first-order valence-electron chi connectivity index (χ1n) is 14.6. The first-order valence-corrected chi connectivity index (χ1v) is 14.6. The molecule has 2 amide bonds. The summed E-state index contributed by atoms with van der Waals surface area (Å²) in [6.45, 7) is 0. The van der Waals surface area contributed by atoms with Crippen molar-refractivity contribution in [1.29, 1.82) is 0 Å². The number of carbonyl (C=O) groups is 4. The Balaban J connectivity index is 0.000000164. The van der Waals surface area contributed by atoms with Crippen LogP contribution in [0.2, 0.25) is 0 Å². The number of esters is 2. The molecule has 24 heteroatoms. The van der Waals surface area contributed by atoms with E-state index in [1.165, 1.54) is 6.07 Å². The molecule has 6 aliphatic rings.